The molecule has 2 aromatic carbocycles. The first-order valence-corrected chi connectivity index (χ1v) is 6.25. The van der Waals surface area contributed by atoms with Gasteiger partial charge in [-0.1, -0.05) is 30.3 Å². The van der Waals surface area contributed by atoms with Crippen LogP contribution in [0.5, 0.6) is 5.75 Å². The number of halogens is 1. The van der Waals surface area contributed by atoms with Crippen molar-refractivity contribution in [2.24, 2.45) is 5.73 Å². The lowest BCUT2D eigenvalue weighted by Crippen LogP contribution is -2.14. The van der Waals surface area contributed by atoms with Gasteiger partial charge >= 0.3 is 0 Å². The monoisotopic (exact) mass is 259 g/mol. The topological polar surface area (TPSA) is 35.2 Å². The summed E-state index contributed by atoms with van der Waals surface area (Å²) >= 11 is 0. The number of ether oxygens (including phenoxy) is 1. The molecule has 0 aliphatic heterocycles. The molecule has 0 radical (unpaired) electrons. The maximum Gasteiger partial charge on any atom is 0.126 e. The fourth-order valence-electron chi connectivity index (χ4n) is 2.15. The number of nitrogens with two attached hydrogens (primary N) is 1. The average molecular weight is 259 g/mol. The summed E-state index contributed by atoms with van der Waals surface area (Å²) in [6.07, 6.45) is 0.485. The second-order valence-corrected chi connectivity index (χ2v) is 4.63. The molecule has 0 saturated heterocycles. The van der Waals surface area contributed by atoms with E-state index in [0.717, 1.165) is 16.9 Å². The molecular formula is C16H18FNO. The lowest BCUT2D eigenvalue weighted by molar-refractivity contribution is 0.411. The zero-order valence-electron chi connectivity index (χ0n) is 11.2. The van der Waals surface area contributed by atoms with E-state index >= 15 is 0 Å². The Labute approximate surface area is 113 Å². The summed E-state index contributed by atoms with van der Waals surface area (Å²) in [6, 6.07) is 12.3. The first-order valence-electron chi connectivity index (χ1n) is 6.25. The summed E-state index contributed by atoms with van der Waals surface area (Å²) in [5, 5.41) is 0. The highest BCUT2D eigenvalue weighted by atomic mass is 19.1. The van der Waals surface area contributed by atoms with E-state index in [1.54, 1.807) is 19.2 Å². The smallest absolute Gasteiger partial charge is 0.126 e. The van der Waals surface area contributed by atoms with Gasteiger partial charge in [-0.3, -0.25) is 0 Å². The molecule has 0 saturated carbocycles. The van der Waals surface area contributed by atoms with Crippen molar-refractivity contribution in [3.8, 4) is 5.75 Å². The lowest BCUT2D eigenvalue weighted by atomic mass is 9.98. The number of hydrogen-bond acceptors (Lipinski definition) is 2. The van der Waals surface area contributed by atoms with E-state index in [4.69, 9.17) is 10.5 Å². The SMILES string of the molecule is COc1ccc(C(N)Cc2ccccc2F)cc1C. The maximum absolute atomic E-state index is 13.6. The molecule has 2 rings (SSSR count). The quantitative estimate of drug-likeness (QED) is 0.913. The summed E-state index contributed by atoms with van der Waals surface area (Å²) < 4.78 is 18.8. The molecule has 100 valence electrons. The van der Waals surface area contributed by atoms with E-state index in [-0.39, 0.29) is 11.9 Å². The number of rotatable bonds is 4. The van der Waals surface area contributed by atoms with E-state index in [1.807, 2.05) is 31.2 Å². The van der Waals surface area contributed by atoms with Crippen LogP contribution in [0, 0.1) is 12.7 Å². The standard InChI is InChI=1S/C16H18FNO/c1-11-9-13(7-8-16(11)19-2)15(18)10-12-5-3-4-6-14(12)17/h3-9,15H,10,18H2,1-2H3. The molecule has 0 aromatic heterocycles. The van der Waals surface area contributed by atoms with E-state index in [1.165, 1.54) is 6.07 Å². The van der Waals surface area contributed by atoms with E-state index < -0.39 is 0 Å². The van der Waals surface area contributed by atoms with Crippen LogP contribution < -0.4 is 10.5 Å². The third-order valence-electron chi connectivity index (χ3n) is 3.24. The van der Waals surface area contributed by atoms with Gasteiger partial charge in [0.2, 0.25) is 0 Å². The molecular weight excluding hydrogens is 241 g/mol. The minimum Gasteiger partial charge on any atom is -0.496 e. The molecule has 0 amide bonds. The molecule has 3 heteroatoms. The predicted molar refractivity (Wildman–Crippen MR) is 74.8 cm³/mol. The van der Waals surface area contributed by atoms with Gasteiger partial charge in [-0.2, -0.15) is 0 Å². The highest BCUT2D eigenvalue weighted by Crippen LogP contribution is 2.24. The van der Waals surface area contributed by atoms with Crippen LogP contribution in [-0.2, 0) is 6.42 Å². The molecule has 1 atom stereocenters. The minimum absolute atomic E-state index is 0.205. The number of benzene rings is 2. The minimum atomic E-state index is -0.221. The molecule has 2 nitrogen and oxygen atoms in total. The number of methoxy groups -OCH3 is 1. The lowest BCUT2D eigenvalue weighted by Gasteiger charge is -2.14. The highest BCUT2D eigenvalue weighted by molar-refractivity contribution is 5.37. The zero-order valence-corrected chi connectivity index (χ0v) is 11.2. The van der Waals surface area contributed by atoms with Crippen LogP contribution in [0.25, 0.3) is 0 Å². The molecule has 0 bridgehead atoms. The fraction of sp³-hybridized carbons (Fsp3) is 0.250. The Morgan fingerprint density at radius 1 is 1.21 bits per heavy atom. The Morgan fingerprint density at radius 3 is 2.58 bits per heavy atom. The molecule has 19 heavy (non-hydrogen) atoms. The molecule has 0 heterocycles. The summed E-state index contributed by atoms with van der Waals surface area (Å²) in [5.74, 6) is 0.630. The Morgan fingerprint density at radius 2 is 1.95 bits per heavy atom. The summed E-state index contributed by atoms with van der Waals surface area (Å²) in [4.78, 5) is 0. The normalized spacial score (nSPS) is 12.2. The Bertz CT molecular complexity index is 568. The van der Waals surface area contributed by atoms with E-state index in [9.17, 15) is 4.39 Å². The van der Waals surface area contributed by atoms with Crippen molar-refractivity contribution in [1.82, 2.24) is 0 Å². The molecule has 2 N–H and O–H groups in total. The van der Waals surface area contributed by atoms with Crippen LogP contribution in [-0.4, -0.2) is 7.11 Å². The van der Waals surface area contributed by atoms with Crippen molar-refractivity contribution < 1.29 is 9.13 Å². The molecule has 1 unspecified atom stereocenters. The molecule has 0 spiro atoms. The van der Waals surface area contributed by atoms with Gasteiger partial charge < -0.3 is 10.5 Å². The van der Waals surface area contributed by atoms with Crippen molar-refractivity contribution in [2.75, 3.05) is 7.11 Å². The Kier molecular flexibility index (Phi) is 4.17. The van der Waals surface area contributed by atoms with Gasteiger partial charge in [-0.25, -0.2) is 4.39 Å². The van der Waals surface area contributed by atoms with E-state index in [2.05, 4.69) is 0 Å². The van der Waals surface area contributed by atoms with Gasteiger partial charge in [0.05, 0.1) is 7.11 Å². The summed E-state index contributed by atoms with van der Waals surface area (Å²) in [6.45, 7) is 1.97. The second kappa shape index (κ2) is 5.85. The van der Waals surface area contributed by atoms with Gasteiger partial charge in [0.1, 0.15) is 11.6 Å². The zero-order chi connectivity index (χ0) is 13.8. The van der Waals surface area contributed by atoms with Crippen molar-refractivity contribution >= 4 is 0 Å². The van der Waals surface area contributed by atoms with Crippen molar-refractivity contribution in [1.29, 1.82) is 0 Å². The van der Waals surface area contributed by atoms with Crippen molar-refractivity contribution in [2.45, 2.75) is 19.4 Å². The first kappa shape index (κ1) is 13.6. The average Bonchev–Trinajstić information content (AvgIpc) is 2.41. The van der Waals surface area contributed by atoms with Crippen LogP contribution in [0.1, 0.15) is 22.7 Å². The van der Waals surface area contributed by atoms with Crippen LogP contribution in [0.15, 0.2) is 42.5 Å². The molecule has 0 aliphatic carbocycles. The van der Waals surface area contributed by atoms with Crippen molar-refractivity contribution in [3.05, 3.63) is 65.0 Å². The van der Waals surface area contributed by atoms with Gasteiger partial charge in [0.25, 0.3) is 0 Å². The van der Waals surface area contributed by atoms with Gasteiger partial charge in [-0.15, -0.1) is 0 Å². The van der Waals surface area contributed by atoms with Crippen LogP contribution in [0.4, 0.5) is 4.39 Å². The summed E-state index contributed by atoms with van der Waals surface area (Å²) in [5.41, 5.74) is 8.81. The largest absolute Gasteiger partial charge is 0.496 e. The van der Waals surface area contributed by atoms with Gasteiger partial charge in [-0.05, 0) is 42.2 Å². The van der Waals surface area contributed by atoms with Crippen LogP contribution in [0.3, 0.4) is 0 Å². The molecule has 0 aliphatic rings. The van der Waals surface area contributed by atoms with Crippen LogP contribution >= 0.6 is 0 Å². The van der Waals surface area contributed by atoms with E-state index in [0.29, 0.717) is 12.0 Å². The second-order valence-electron chi connectivity index (χ2n) is 4.63. The number of aryl methyl sites for hydroxylation is 1. The molecule has 2 aromatic rings. The number of hydrogen-bond donors (Lipinski definition) is 1. The Balaban J connectivity index is 2.18. The Hall–Kier alpha value is -1.87. The van der Waals surface area contributed by atoms with Gasteiger partial charge in [0.15, 0.2) is 0 Å². The predicted octanol–water partition coefficient (Wildman–Crippen LogP) is 3.39. The fourth-order valence-corrected chi connectivity index (χ4v) is 2.15. The van der Waals surface area contributed by atoms with Crippen molar-refractivity contribution in [3.63, 3.8) is 0 Å². The third kappa shape index (κ3) is 3.12. The first-order chi connectivity index (χ1) is 9.11. The van der Waals surface area contributed by atoms with Gasteiger partial charge in [0, 0.05) is 6.04 Å². The molecule has 0 fully saturated rings. The third-order valence-corrected chi connectivity index (χ3v) is 3.24. The van der Waals surface area contributed by atoms with Crippen LogP contribution in [0.2, 0.25) is 0 Å². The maximum atomic E-state index is 13.6. The highest BCUT2D eigenvalue weighted by Gasteiger charge is 2.11. The summed E-state index contributed by atoms with van der Waals surface area (Å²) in [7, 11) is 1.64.